The molecule has 0 aliphatic rings. The van der Waals surface area contributed by atoms with Crippen LogP contribution in [0.3, 0.4) is 0 Å². The molecule has 92 valence electrons. The van der Waals surface area contributed by atoms with Gasteiger partial charge in [0.15, 0.2) is 0 Å². The molecule has 0 aliphatic heterocycles. The third kappa shape index (κ3) is 2.53. The first-order valence-electron chi connectivity index (χ1n) is 4.96. The molecule has 0 radical (unpaired) electrons. The highest BCUT2D eigenvalue weighted by Crippen LogP contribution is 2.29. The zero-order valence-corrected chi connectivity index (χ0v) is 8.98. The van der Waals surface area contributed by atoms with Crippen molar-refractivity contribution < 1.29 is 18.0 Å². The lowest BCUT2D eigenvalue weighted by atomic mass is 10.1. The van der Waals surface area contributed by atoms with Gasteiger partial charge in [-0.3, -0.25) is 9.78 Å². The number of hydrogen-bond acceptors (Lipinski definition) is 3. The summed E-state index contributed by atoms with van der Waals surface area (Å²) in [6, 6.07) is 4.21. The number of benzene rings is 1. The maximum absolute atomic E-state index is 12.5. The van der Waals surface area contributed by atoms with Crippen molar-refractivity contribution in [2.75, 3.05) is 0 Å². The summed E-state index contributed by atoms with van der Waals surface area (Å²) in [6.45, 7) is 0. The van der Waals surface area contributed by atoms with Gasteiger partial charge in [0.05, 0.1) is 11.8 Å². The van der Waals surface area contributed by atoms with Crippen LogP contribution in [0.25, 0.3) is 0 Å². The van der Waals surface area contributed by atoms with E-state index in [-0.39, 0.29) is 11.3 Å². The Kier molecular flexibility index (Phi) is 3.10. The number of aromatic nitrogens is 2. The third-order valence-corrected chi connectivity index (χ3v) is 2.25. The van der Waals surface area contributed by atoms with Crippen LogP contribution in [0.15, 0.2) is 42.9 Å². The summed E-state index contributed by atoms with van der Waals surface area (Å²) in [6.07, 6.45) is -0.578. The van der Waals surface area contributed by atoms with Crippen molar-refractivity contribution in [1.82, 2.24) is 9.97 Å². The topological polar surface area (TPSA) is 42.9 Å². The van der Waals surface area contributed by atoms with Gasteiger partial charge < -0.3 is 0 Å². The fourth-order valence-electron chi connectivity index (χ4n) is 1.40. The number of carbonyl (C=O) groups excluding carboxylic acids is 1. The van der Waals surface area contributed by atoms with Crippen LogP contribution in [-0.2, 0) is 6.18 Å². The SMILES string of the molecule is O=C(c1cccc(C(F)(F)F)c1)c1cnccn1. The lowest BCUT2D eigenvalue weighted by Crippen LogP contribution is -2.09. The monoisotopic (exact) mass is 252 g/mol. The molecule has 0 atom stereocenters. The van der Waals surface area contributed by atoms with Gasteiger partial charge in [0, 0.05) is 18.0 Å². The number of carbonyl (C=O) groups is 1. The van der Waals surface area contributed by atoms with Crippen molar-refractivity contribution in [2.45, 2.75) is 6.18 Å². The van der Waals surface area contributed by atoms with Crippen molar-refractivity contribution in [3.8, 4) is 0 Å². The summed E-state index contributed by atoms with van der Waals surface area (Å²) in [5.74, 6) is -0.589. The van der Waals surface area contributed by atoms with E-state index in [4.69, 9.17) is 0 Å². The molecule has 0 amide bonds. The van der Waals surface area contributed by atoms with Crippen molar-refractivity contribution in [3.05, 3.63) is 59.7 Å². The van der Waals surface area contributed by atoms with Crippen molar-refractivity contribution in [1.29, 1.82) is 0 Å². The highest BCUT2D eigenvalue weighted by Gasteiger charge is 2.31. The van der Waals surface area contributed by atoms with Crippen LogP contribution in [0.1, 0.15) is 21.6 Å². The van der Waals surface area contributed by atoms with Gasteiger partial charge >= 0.3 is 6.18 Å². The van der Waals surface area contributed by atoms with E-state index in [1.165, 1.54) is 30.7 Å². The van der Waals surface area contributed by atoms with Gasteiger partial charge in [-0.05, 0) is 12.1 Å². The molecule has 1 heterocycles. The molecule has 0 fully saturated rings. The zero-order chi connectivity index (χ0) is 13.2. The Morgan fingerprint density at radius 2 is 1.94 bits per heavy atom. The predicted molar refractivity (Wildman–Crippen MR) is 56.9 cm³/mol. The third-order valence-electron chi connectivity index (χ3n) is 2.25. The highest BCUT2D eigenvalue weighted by atomic mass is 19.4. The van der Waals surface area contributed by atoms with E-state index in [9.17, 15) is 18.0 Å². The number of alkyl halides is 3. The standard InChI is InChI=1S/C12H7F3N2O/c13-12(14,15)9-3-1-2-8(6-9)11(18)10-7-16-4-5-17-10/h1-7H. The normalized spacial score (nSPS) is 11.3. The van der Waals surface area contributed by atoms with E-state index < -0.39 is 17.5 Å². The van der Waals surface area contributed by atoms with Crippen LogP contribution in [0.4, 0.5) is 13.2 Å². The Balaban J connectivity index is 2.38. The summed E-state index contributed by atoms with van der Waals surface area (Å²) in [4.78, 5) is 19.3. The number of hydrogen-bond donors (Lipinski definition) is 0. The summed E-state index contributed by atoms with van der Waals surface area (Å²) >= 11 is 0. The molecule has 3 nitrogen and oxygen atoms in total. The molecule has 0 saturated carbocycles. The second-order valence-corrected chi connectivity index (χ2v) is 3.50. The van der Waals surface area contributed by atoms with Crippen LogP contribution in [-0.4, -0.2) is 15.8 Å². The van der Waals surface area contributed by atoms with Crippen LogP contribution >= 0.6 is 0 Å². The lowest BCUT2D eigenvalue weighted by Gasteiger charge is -2.07. The fourth-order valence-corrected chi connectivity index (χ4v) is 1.40. The van der Waals surface area contributed by atoms with Crippen molar-refractivity contribution >= 4 is 5.78 Å². The summed E-state index contributed by atoms with van der Waals surface area (Å²) < 4.78 is 37.5. The van der Waals surface area contributed by atoms with E-state index >= 15 is 0 Å². The number of halogens is 3. The largest absolute Gasteiger partial charge is 0.416 e. The quantitative estimate of drug-likeness (QED) is 0.772. The Bertz CT molecular complexity index is 567. The summed E-state index contributed by atoms with van der Waals surface area (Å²) in [5, 5.41) is 0. The van der Waals surface area contributed by atoms with Crippen LogP contribution < -0.4 is 0 Å². The molecule has 0 spiro atoms. The Hall–Kier alpha value is -2.24. The molecule has 0 saturated heterocycles. The second kappa shape index (κ2) is 4.56. The Labute approximate surface area is 100 Å². The first-order chi connectivity index (χ1) is 8.48. The molecule has 18 heavy (non-hydrogen) atoms. The van der Waals surface area contributed by atoms with Crippen molar-refractivity contribution in [3.63, 3.8) is 0 Å². The fraction of sp³-hybridized carbons (Fsp3) is 0.0833. The van der Waals surface area contributed by atoms with E-state index in [0.29, 0.717) is 0 Å². The predicted octanol–water partition coefficient (Wildman–Crippen LogP) is 2.73. The minimum atomic E-state index is -4.47. The van der Waals surface area contributed by atoms with Gasteiger partial charge in [-0.15, -0.1) is 0 Å². The Morgan fingerprint density at radius 3 is 2.56 bits per heavy atom. The lowest BCUT2D eigenvalue weighted by molar-refractivity contribution is -0.137. The molecule has 0 unspecified atom stereocenters. The van der Waals surface area contributed by atoms with Crippen molar-refractivity contribution in [2.24, 2.45) is 0 Å². The first kappa shape index (κ1) is 12.2. The molecule has 6 heteroatoms. The smallest absolute Gasteiger partial charge is 0.287 e. The molecule has 1 aromatic carbocycles. The molecule has 0 bridgehead atoms. The molecule has 2 aromatic rings. The van der Waals surface area contributed by atoms with E-state index in [0.717, 1.165) is 12.1 Å². The highest BCUT2D eigenvalue weighted by molar-refractivity contribution is 6.07. The Morgan fingerprint density at radius 1 is 1.17 bits per heavy atom. The van der Waals surface area contributed by atoms with Gasteiger partial charge in [-0.2, -0.15) is 13.2 Å². The zero-order valence-electron chi connectivity index (χ0n) is 8.98. The number of rotatable bonds is 2. The average molecular weight is 252 g/mol. The van der Waals surface area contributed by atoms with E-state index in [1.807, 2.05) is 0 Å². The number of nitrogens with zero attached hydrogens (tertiary/aromatic N) is 2. The van der Waals surface area contributed by atoms with Gasteiger partial charge in [0.1, 0.15) is 5.69 Å². The molecular weight excluding hydrogens is 245 g/mol. The average Bonchev–Trinajstić information content (AvgIpc) is 2.38. The minimum Gasteiger partial charge on any atom is -0.287 e. The maximum Gasteiger partial charge on any atom is 0.416 e. The van der Waals surface area contributed by atoms with Gasteiger partial charge in [-0.25, -0.2) is 4.98 Å². The maximum atomic E-state index is 12.5. The van der Waals surface area contributed by atoms with E-state index in [1.54, 1.807) is 0 Å². The molecular formula is C12H7F3N2O. The van der Waals surface area contributed by atoms with Gasteiger partial charge in [-0.1, -0.05) is 12.1 Å². The van der Waals surface area contributed by atoms with Crippen LogP contribution in [0.2, 0.25) is 0 Å². The number of ketones is 1. The molecule has 2 rings (SSSR count). The minimum absolute atomic E-state index is 0.0109. The van der Waals surface area contributed by atoms with Gasteiger partial charge in [0.2, 0.25) is 5.78 Å². The van der Waals surface area contributed by atoms with Gasteiger partial charge in [0.25, 0.3) is 0 Å². The van der Waals surface area contributed by atoms with E-state index in [2.05, 4.69) is 9.97 Å². The van der Waals surface area contributed by atoms with Crippen LogP contribution in [0.5, 0.6) is 0 Å². The first-order valence-corrected chi connectivity index (χ1v) is 4.96. The molecule has 0 aliphatic carbocycles. The molecule has 0 N–H and O–H groups in total. The summed E-state index contributed by atoms with van der Waals surface area (Å²) in [5.41, 5.74) is -0.917. The molecule has 1 aromatic heterocycles. The van der Waals surface area contributed by atoms with Crippen LogP contribution in [0, 0.1) is 0 Å². The second-order valence-electron chi connectivity index (χ2n) is 3.50. The summed E-state index contributed by atoms with van der Waals surface area (Å²) in [7, 11) is 0.